The first-order valence-electron chi connectivity index (χ1n) is 11.2. The zero-order chi connectivity index (χ0) is 22.9. The number of hydrogen-bond acceptors (Lipinski definition) is 4. The predicted octanol–water partition coefficient (Wildman–Crippen LogP) is 4.76. The maximum Gasteiger partial charge on any atom is 0.323 e. The number of urea groups is 1. The van der Waals surface area contributed by atoms with E-state index in [0.717, 1.165) is 55.7 Å². The zero-order valence-electron chi connectivity index (χ0n) is 18.8. The van der Waals surface area contributed by atoms with Gasteiger partial charge in [0, 0.05) is 47.7 Å². The number of amides is 3. The Balaban J connectivity index is 1.71. The smallest absolute Gasteiger partial charge is 0.323 e. The highest BCUT2D eigenvalue weighted by Crippen LogP contribution is 2.28. The highest BCUT2D eigenvalue weighted by molar-refractivity contribution is 9.10. The van der Waals surface area contributed by atoms with Crippen molar-refractivity contribution in [3.05, 3.63) is 52.5 Å². The number of nitrogens with zero attached hydrogens (tertiary/aromatic N) is 2. The van der Waals surface area contributed by atoms with E-state index in [9.17, 15) is 9.59 Å². The Hall–Kier alpha value is -2.58. The molecule has 1 heterocycles. The third kappa shape index (κ3) is 6.71. The molecule has 0 unspecified atom stereocenters. The van der Waals surface area contributed by atoms with Gasteiger partial charge in [-0.05, 0) is 68.4 Å². The summed E-state index contributed by atoms with van der Waals surface area (Å²) in [4.78, 5) is 30.0. The molecule has 3 N–H and O–H groups in total. The number of carbonyl (C=O) groups is 2. The Morgan fingerprint density at radius 2 is 1.59 bits per heavy atom. The lowest BCUT2D eigenvalue weighted by Crippen LogP contribution is -2.35. The number of halogens is 1. The van der Waals surface area contributed by atoms with Crippen LogP contribution in [0.4, 0.5) is 21.9 Å². The number of likely N-dealkylation sites (N-methyl/N-ethyl adjacent to an activating group) is 1. The fourth-order valence-electron chi connectivity index (χ4n) is 3.82. The van der Waals surface area contributed by atoms with E-state index < -0.39 is 0 Å². The topological polar surface area (TPSA) is 76.7 Å². The molecule has 0 spiro atoms. The van der Waals surface area contributed by atoms with Gasteiger partial charge in [0.25, 0.3) is 5.91 Å². The normalized spacial score (nSPS) is 13.3. The second-order valence-electron chi connectivity index (χ2n) is 7.79. The quantitative estimate of drug-likeness (QED) is 0.462. The van der Waals surface area contributed by atoms with E-state index >= 15 is 0 Å². The monoisotopic (exact) mass is 501 g/mol. The molecule has 1 aliphatic rings. The van der Waals surface area contributed by atoms with Gasteiger partial charge < -0.3 is 25.8 Å². The summed E-state index contributed by atoms with van der Waals surface area (Å²) < 4.78 is 0.942. The number of rotatable bonds is 9. The molecule has 0 bridgehead atoms. The average molecular weight is 502 g/mol. The van der Waals surface area contributed by atoms with Crippen LogP contribution in [0.1, 0.15) is 37.0 Å². The van der Waals surface area contributed by atoms with Crippen molar-refractivity contribution in [1.82, 2.24) is 10.2 Å². The number of anilines is 3. The van der Waals surface area contributed by atoms with Crippen LogP contribution in [0.15, 0.2) is 46.9 Å². The Kier molecular flexibility index (Phi) is 8.93. The van der Waals surface area contributed by atoms with Gasteiger partial charge in [-0.3, -0.25) is 4.79 Å². The van der Waals surface area contributed by atoms with Crippen LogP contribution in [0.3, 0.4) is 0 Å². The summed E-state index contributed by atoms with van der Waals surface area (Å²) in [5, 5.41) is 8.70. The van der Waals surface area contributed by atoms with Crippen LogP contribution in [-0.2, 0) is 0 Å². The second-order valence-corrected chi connectivity index (χ2v) is 8.71. The molecule has 3 rings (SSSR count). The summed E-state index contributed by atoms with van der Waals surface area (Å²) in [5.41, 5.74) is 2.78. The molecule has 2 aromatic rings. The summed E-state index contributed by atoms with van der Waals surface area (Å²) in [6, 6.07) is 12.5. The largest absolute Gasteiger partial charge is 0.371 e. The SMILES string of the molecule is CCN(CC)CCNC(=O)c1cc(NC(=O)Nc2ccc(Br)cc2)ccc1N1CCCC1. The van der Waals surface area contributed by atoms with Gasteiger partial charge in [0.05, 0.1) is 5.56 Å². The van der Waals surface area contributed by atoms with E-state index in [2.05, 4.69) is 55.5 Å². The Labute approximate surface area is 198 Å². The third-order valence-corrected chi connectivity index (χ3v) is 6.18. The van der Waals surface area contributed by atoms with Crippen LogP contribution < -0.4 is 20.9 Å². The second kappa shape index (κ2) is 11.9. The van der Waals surface area contributed by atoms with E-state index in [1.54, 1.807) is 6.07 Å². The fourth-order valence-corrected chi connectivity index (χ4v) is 4.08. The van der Waals surface area contributed by atoms with E-state index in [-0.39, 0.29) is 11.9 Å². The minimum absolute atomic E-state index is 0.115. The van der Waals surface area contributed by atoms with Crippen LogP contribution in [0.25, 0.3) is 0 Å². The van der Waals surface area contributed by atoms with Gasteiger partial charge in [0.1, 0.15) is 0 Å². The lowest BCUT2D eigenvalue weighted by molar-refractivity contribution is 0.0949. The first kappa shape index (κ1) is 24.1. The van der Waals surface area contributed by atoms with E-state index in [1.807, 2.05) is 36.4 Å². The summed E-state index contributed by atoms with van der Waals surface area (Å²) >= 11 is 3.38. The standard InChI is InChI=1S/C24H32BrN5O2/c1-3-29(4-2)16-13-26-23(31)21-17-20(11-12-22(21)30-14-5-6-15-30)28-24(32)27-19-9-7-18(25)8-10-19/h7-12,17H,3-6,13-16H2,1-2H3,(H,26,31)(H2,27,28,32). The fraction of sp³-hybridized carbons (Fsp3) is 0.417. The zero-order valence-corrected chi connectivity index (χ0v) is 20.4. The van der Waals surface area contributed by atoms with Gasteiger partial charge >= 0.3 is 6.03 Å². The number of carbonyl (C=O) groups excluding carboxylic acids is 2. The van der Waals surface area contributed by atoms with Crippen molar-refractivity contribution in [3.63, 3.8) is 0 Å². The van der Waals surface area contributed by atoms with Gasteiger partial charge in [-0.25, -0.2) is 4.79 Å². The van der Waals surface area contributed by atoms with Crippen molar-refractivity contribution in [2.45, 2.75) is 26.7 Å². The van der Waals surface area contributed by atoms with E-state index in [0.29, 0.717) is 23.5 Å². The lowest BCUT2D eigenvalue weighted by Gasteiger charge is -2.23. The molecular weight excluding hydrogens is 470 g/mol. The maximum atomic E-state index is 13.1. The van der Waals surface area contributed by atoms with Gasteiger partial charge in [-0.2, -0.15) is 0 Å². The maximum absolute atomic E-state index is 13.1. The number of benzene rings is 2. The molecule has 0 radical (unpaired) electrons. The Bertz CT molecular complexity index is 909. The molecule has 1 saturated heterocycles. The van der Waals surface area contributed by atoms with E-state index in [4.69, 9.17) is 0 Å². The third-order valence-electron chi connectivity index (χ3n) is 5.66. The van der Waals surface area contributed by atoms with Crippen LogP contribution in [0.5, 0.6) is 0 Å². The van der Waals surface area contributed by atoms with Crippen LogP contribution >= 0.6 is 15.9 Å². The molecule has 172 valence electrons. The minimum atomic E-state index is -0.353. The summed E-state index contributed by atoms with van der Waals surface area (Å²) in [6.07, 6.45) is 2.25. The summed E-state index contributed by atoms with van der Waals surface area (Å²) in [5.74, 6) is -0.115. The van der Waals surface area contributed by atoms with Crippen molar-refractivity contribution in [2.75, 3.05) is 54.8 Å². The minimum Gasteiger partial charge on any atom is -0.371 e. The van der Waals surface area contributed by atoms with Gasteiger partial charge in [0.2, 0.25) is 0 Å². The highest BCUT2D eigenvalue weighted by Gasteiger charge is 2.20. The molecule has 8 heteroatoms. The highest BCUT2D eigenvalue weighted by atomic mass is 79.9. The number of nitrogens with one attached hydrogen (secondary N) is 3. The molecule has 3 amide bonds. The lowest BCUT2D eigenvalue weighted by atomic mass is 10.1. The van der Waals surface area contributed by atoms with Crippen LogP contribution in [-0.4, -0.2) is 56.1 Å². The predicted molar refractivity (Wildman–Crippen MR) is 135 cm³/mol. The molecule has 1 aliphatic heterocycles. The molecular formula is C24H32BrN5O2. The van der Waals surface area contributed by atoms with Crippen molar-refractivity contribution < 1.29 is 9.59 Å². The van der Waals surface area contributed by atoms with Crippen LogP contribution in [0, 0.1) is 0 Å². The van der Waals surface area contributed by atoms with Gasteiger partial charge in [0.15, 0.2) is 0 Å². The average Bonchev–Trinajstić information content (AvgIpc) is 3.33. The summed E-state index contributed by atoms with van der Waals surface area (Å²) in [7, 11) is 0. The molecule has 0 saturated carbocycles. The van der Waals surface area contributed by atoms with Crippen molar-refractivity contribution in [2.24, 2.45) is 0 Å². The van der Waals surface area contributed by atoms with Gasteiger partial charge in [-0.15, -0.1) is 0 Å². The van der Waals surface area contributed by atoms with Crippen molar-refractivity contribution in [1.29, 1.82) is 0 Å². The molecule has 0 aromatic heterocycles. The van der Waals surface area contributed by atoms with Crippen molar-refractivity contribution >= 4 is 44.9 Å². The Morgan fingerprint density at radius 3 is 2.25 bits per heavy atom. The molecule has 0 aliphatic carbocycles. The molecule has 7 nitrogen and oxygen atoms in total. The molecule has 1 fully saturated rings. The Morgan fingerprint density at radius 1 is 0.969 bits per heavy atom. The summed E-state index contributed by atoms with van der Waals surface area (Å²) in [6.45, 7) is 9.42. The van der Waals surface area contributed by atoms with Crippen molar-refractivity contribution in [3.8, 4) is 0 Å². The molecule has 0 atom stereocenters. The van der Waals surface area contributed by atoms with Crippen LogP contribution in [0.2, 0.25) is 0 Å². The number of hydrogen-bond donors (Lipinski definition) is 3. The van der Waals surface area contributed by atoms with E-state index in [1.165, 1.54) is 0 Å². The molecule has 2 aromatic carbocycles. The van der Waals surface area contributed by atoms with Gasteiger partial charge in [-0.1, -0.05) is 29.8 Å². The first-order chi connectivity index (χ1) is 15.5. The molecule has 32 heavy (non-hydrogen) atoms. The first-order valence-corrected chi connectivity index (χ1v) is 12.0.